The van der Waals surface area contributed by atoms with Crippen LogP contribution in [0.25, 0.3) is 156 Å². The van der Waals surface area contributed by atoms with Crippen molar-refractivity contribution in [3.63, 3.8) is 0 Å². The van der Waals surface area contributed by atoms with Crippen LogP contribution in [0, 0.1) is 0 Å². The first kappa shape index (κ1) is 76.0. The van der Waals surface area contributed by atoms with E-state index in [1.54, 1.807) is 0 Å². The molecule has 0 radical (unpaired) electrons. The SMILES string of the molecule is c1ccc(-c2ccc(-c3cccc(-c4ccc(N(c5ccc(-c6cccc(-c7ccc(-c8ccccc8)cc7)c6)cc5)c5ccc(-c6cccc(-c7ccc(-c8ccccc8)cc7)c6)cc5)cc4)c3)cc2)cc1.c1ccc(-c2ccc(N(c3cccc(-c4cccc(-c5ccccc5)c4)c3)c3cccc(-c4cccc(-c5ccccc5)c4)c3)cc2)cc1. The summed E-state index contributed by atoms with van der Waals surface area (Å²) < 4.78 is 0. The molecule has 0 aliphatic heterocycles. The third-order valence-electron chi connectivity index (χ3n) is 23.0. The third-order valence-corrected chi connectivity index (χ3v) is 23.0. The fourth-order valence-electron chi connectivity index (χ4n) is 16.5. The first-order chi connectivity index (χ1) is 60.4. The molecule has 0 fully saturated rings. The summed E-state index contributed by atoms with van der Waals surface area (Å²) in [5.41, 5.74) is 40.1. The number of anilines is 6. The number of hydrogen-bond donors (Lipinski definition) is 0. The maximum absolute atomic E-state index is 2.36. The molecule has 0 saturated heterocycles. The van der Waals surface area contributed by atoms with E-state index in [4.69, 9.17) is 0 Å². The van der Waals surface area contributed by atoms with E-state index in [0.29, 0.717) is 0 Å². The largest absolute Gasteiger partial charge is 0.311 e. The van der Waals surface area contributed by atoms with E-state index < -0.39 is 0 Å². The Morgan fingerprint density at radius 1 is 0.0738 bits per heavy atom. The summed E-state index contributed by atoms with van der Waals surface area (Å²) in [6.07, 6.45) is 0. The highest BCUT2D eigenvalue weighted by Crippen LogP contribution is 2.44. The smallest absolute Gasteiger partial charge is 0.0467 e. The maximum Gasteiger partial charge on any atom is 0.0467 e. The highest BCUT2D eigenvalue weighted by atomic mass is 15.1. The number of nitrogens with zero attached hydrogens (tertiary/aromatic N) is 2. The summed E-state index contributed by atoms with van der Waals surface area (Å²) in [4.78, 5) is 4.72. The molecule has 0 N–H and O–H groups in total. The van der Waals surface area contributed by atoms with Crippen LogP contribution in [0.15, 0.2) is 522 Å². The van der Waals surface area contributed by atoms with Crippen LogP contribution in [-0.4, -0.2) is 0 Å². The summed E-state index contributed by atoms with van der Waals surface area (Å²) in [6.45, 7) is 0. The predicted molar refractivity (Wildman–Crippen MR) is 518 cm³/mol. The van der Waals surface area contributed by atoms with E-state index in [-0.39, 0.29) is 0 Å². The molecule has 2 heteroatoms. The molecule has 0 spiro atoms. The van der Waals surface area contributed by atoms with Gasteiger partial charge >= 0.3 is 0 Å². The van der Waals surface area contributed by atoms with Gasteiger partial charge in [-0.25, -0.2) is 0 Å². The normalized spacial score (nSPS) is 11.0. The molecule has 0 aliphatic rings. The van der Waals surface area contributed by atoms with Crippen LogP contribution in [-0.2, 0) is 0 Å². The molecule has 20 aromatic rings. The Morgan fingerprint density at radius 2 is 0.189 bits per heavy atom. The van der Waals surface area contributed by atoms with E-state index in [1.807, 2.05) is 0 Å². The molecule has 576 valence electrons. The van der Waals surface area contributed by atoms with Crippen molar-refractivity contribution in [1.29, 1.82) is 0 Å². The lowest BCUT2D eigenvalue weighted by molar-refractivity contribution is 1.28. The zero-order valence-corrected chi connectivity index (χ0v) is 67.5. The van der Waals surface area contributed by atoms with Crippen molar-refractivity contribution in [1.82, 2.24) is 0 Å². The second kappa shape index (κ2) is 35.8. The topological polar surface area (TPSA) is 6.48 Å². The van der Waals surface area contributed by atoms with Crippen molar-refractivity contribution in [2.24, 2.45) is 0 Å². The number of rotatable bonds is 20. The standard InChI is InChI=1S/C72H51N.C48H35N/c1-4-13-52(14-5-1)55-25-31-58(32-26-55)64-19-10-22-67(49-64)61-37-43-70(44-38-61)73(71-45-39-62(40-46-71)68-23-11-20-65(50-68)59-33-27-56(28-34-59)53-15-6-2-7-16-53)72-47-41-63(42-48-72)69-24-12-21-66(51-69)60-35-29-57(30-36-60)54-17-8-3-9-18-54;1-4-14-36(15-5-1)39-28-30-46(31-29-39)49(47-26-12-24-44(34-47)42-22-10-20-40(32-42)37-16-6-2-7-17-37)48-27-13-25-45(35-48)43-23-11-21-41(33-43)38-18-8-3-9-19-38/h1-51H;1-35H. The zero-order valence-electron chi connectivity index (χ0n) is 67.5. The minimum absolute atomic E-state index is 1.08. The van der Waals surface area contributed by atoms with Crippen molar-refractivity contribution in [3.05, 3.63) is 522 Å². The molecule has 2 nitrogen and oxygen atoms in total. The first-order valence-electron chi connectivity index (χ1n) is 41.8. The Bertz CT molecular complexity index is 6350. The minimum atomic E-state index is 1.08. The predicted octanol–water partition coefficient (Wildman–Crippen LogP) is 33.7. The van der Waals surface area contributed by atoms with Gasteiger partial charge in [0.15, 0.2) is 0 Å². The average Bonchev–Trinajstić information content (AvgIpc) is 0.785. The van der Waals surface area contributed by atoms with Gasteiger partial charge in [-0.2, -0.15) is 0 Å². The number of benzene rings is 20. The van der Waals surface area contributed by atoms with E-state index >= 15 is 0 Å². The Balaban J connectivity index is 0.000000174. The molecule has 0 saturated carbocycles. The Hall–Kier alpha value is -16.0. The van der Waals surface area contributed by atoms with Gasteiger partial charge in [0.05, 0.1) is 0 Å². The Morgan fingerprint density at radius 3 is 0.377 bits per heavy atom. The van der Waals surface area contributed by atoms with Gasteiger partial charge in [-0.3, -0.25) is 0 Å². The molecule has 0 unspecified atom stereocenters. The third kappa shape index (κ3) is 17.4. The molecule has 20 aromatic carbocycles. The molecular formula is C120H86N2. The van der Waals surface area contributed by atoms with Crippen LogP contribution >= 0.6 is 0 Å². The minimum Gasteiger partial charge on any atom is -0.311 e. The molecule has 0 aliphatic carbocycles. The zero-order chi connectivity index (χ0) is 81.6. The summed E-state index contributed by atoms with van der Waals surface area (Å²) in [5, 5.41) is 0. The summed E-state index contributed by atoms with van der Waals surface area (Å²) >= 11 is 0. The second-order valence-electron chi connectivity index (χ2n) is 30.8. The van der Waals surface area contributed by atoms with Crippen molar-refractivity contribution in [3.8, 4) is 156 Å². The molecule has 0 heterocycles. The lowest BCUT2D eigenvalue weighted by Crippen LogP contribution is -2.10. The summed E-state index contributed by atoms with van der Waals surface area (Å²) in [6, 6.07) is 188. The van der Waals surface area contributed by atoms with Crippen LogP contribution in [0.4, 0.5) is 34.1 Å². The molecule has 0 aromatic heterocycles. The quantitative estimate of drug-likeness (QED) is 0.0750. The Labute approximate surface area is 716 Å². The van der Waals surface area contributed by atoms with Gasteiger partial charge in [0, 0.05) is 34.1 Å². The first-order valence-corrected chi connectivity index (χ1v) is 41.8. The van der Waals surface area contributed by atoms with Crippen LogP contribution in [0.2, 0.25) is 0 Å². The Kier molecular flexibility index (Phi) is 22.3. The van der Waals surface area contributed by atoms with Crippen molar-refractivity contribution in [2.75, 3.05) is 9.80 Å². The van der Waals surface area contributed by atoms with Gasteiger partial charge < -0.3 is 9.80 Å². The van der Waals surface area contributed by atoms with Gasteiger partial charge in [0.2, 0.25) is 0 Å². The lowest BCUT2D eigenvalue weighted by atomic mass is 9.96. The second-order valence-corrected chi connectivity index (χ2v) is 30.8. The fraction of sp³-hybridized carbons (Fsp3) is 0. The van der Waals surface area contributed by atoms with Crippen molar-refractivity contribution in [2.45, 2.75) is 0 Å². The van der Waals surface area contributed by atoms with Crippen LogP contribution in [0.3, 0.4) is 0 Å². The molecule has 20 rings (SSSR count). The van der Waals surface area contributed by atoms with Crippen molar-refractivity contribution >= 4 is 34.1 Å². The van der Waals surface area contributed by atoms with Gasteiger partial charge in [0.25, 0.3) is 0 Å². The van der Waals surface area contributed by atoms with Crippen molar-refractivity contribution < 1.29 is 0 Å². The van der Waals surface area contributed by atoms with Crippen LogP contribution < -0.4 is 9.80 Å². The molecule has 0 amide bonds. The fourth-order valence-corrected chi connectivity index (χ4v) is 16.5. The van der Waals surface area contributed by atoms with Gasteiger partial charge in [-0.1, -0.05) is 419 Å². The van der Waals surface area contributed by atoms with E-state index in [2.05, 4.69) is 532 Å². The lowest BCUT2D eigenvalue weighted by Gasteiger charge is -2.27. The molecule has 0 bridgehead atoms. The molecular weight excluding hydrogens is 1470 g/mol. The molecule has 122 heavy (non-hydrogen) atoms. The monoisotopic (exact) mass is 1550 g/mol. The summed E-state index contributed by atoms with van der Waals surface area (Å²) in [7, 11) is 0. The van der Waals surface area contributed by atoms with E-state index in [1.165, 1.54) is 156 Å². The van der Waals surface area contributed by atoms with Gasteiger partial charge in [-0.15, -0.1) is 0 Å². The van der Waals surface area contributed by atoms with Crippen LogP contribution in [0.1, 0.15) is 0 Å². The van der Waals surface area contributed by atoms with Crippen LogP contribution in [0.5, 0.6) is 0 Å². The van der Waals surface area contributed by atoms with E-state index in [0.717, 1.165) is 34.1 Å². The van der Waals surface area contributed by atoms with E-state index in [9.17, 15) is 0 Å². The highest BCUT2D eigenvalue weighted by Gasteiger charge is 2.19. The average molecular weight is 1560 g/mol. The van der Waals surface area contributed by atoms with Gasteiger partial charge in [-0.05, 0) is 259 Å². The molecule has 0 atom stereocenters. The number of hydrogen-bond acceptors (Lipinski definition) is 2. The summed E-state index contributed by atoms with van der Waals surface area (Å²) in [5.74, 6) is 0. The van der Waals surface area contributed by atoms with Gasteiger partial charge in [0.1, 0.15) is 0 Å². The highest BCUT2D eigenvalue weighted by molar-refractivity contribution is 5.88. The maximum atomic E-state index is 2.36.